The molecule has 3 heterocycles. The molecule has 0 spiro atoms. The van der Waals surface area contributed by atoms with Gasteiger partial charge in [-0.2, -0.15) is 5.26 Å². The van der Waals surface area contributed by atoms with Gasteiger partial charge in [0.1, 0.15) is 23.6 Å². The summed E-state index contributed by atoms with van der Waals surface area (Å²) in [6.07, 6.45) is 12.3. The summed E-state index contributed by atoms with van der Waals surface area (Å²) in [5, 5.41) is 9.66. The molecule has 2 aliphatic heterocycles. The number of nitrogens with zero attached hydrogens (tertiary/aromatic N) is 4. The van der Waals surface area contributed by atoms with Crippen molar-refractivity contribution in [2.24, 2.45) is 22.7 Å². The maximum Gasteiger partial charge on any atom is 0.121 e. The average molecular weight is 625 g/mol. The minimum absolute atomic E-state index is 0.0342. The molecule has 1 aromatic heterocycles. The fourth-order valence-electron chi connectivity index (χ4n) is 9.15. The first-order valence-electron chi connectivity index (χ1n) is 17.1. The Kier molecular flexibility index (Phi) is 9.25. The minimum Gasteiger partial charge on any atom is -0.489 e. The molecule has 1 saturated heterocycles. The van der Waals surface area contributed by atoms with Crippen LogP contribution in [0.1, 0.15) is 108 Å². The van der Waals surface area contributed by atoms with Gasteiger partial charge >= 0.3 is 0 Å². The number of ether oxygens (including phenoxy) is 1. The lowest BCUT2D eigenvalue weighted by molar-refractivity contribution is -0.198. The number of likely N-dealkylation sites (tertiary alicyclic amines) is 1. The Morgan fingerprint density at radius 3 is 2.33 bits per heavy atom. The molecule has 2 aromatic rings. The molecule has 0 amide bonds. The van der Waals surface area contributed by atoms with Gasteiger partial charge in [0.05, 0.1) is 22.8 Å². The Balaban J connectivity index is 1.07. The van der Waals surface area contributed by atoms with Crippen molar-refractivity contribution in [3.05, 3.63) is 64.4 Å². The molecule has 5 nitrogen and oxygen atoms in total. The van der Waals surface area contributed by atoms with E-state index in [-0.39, 0.29) is 23.0 Å². The van der Waals surface area contributed by atoms with Crippen LogP contribution in [0.15, 0.2) is 36.9 Å². The third-order valence-corrected chi connectivity index (χ3v) is 11.4. The Labute approximate surface area is 276 Å². The van der Waals surface area contributed by atoms with Gasteiger partial charge < -0.3 is 14.5 Å². The van der Waals surface area contributed by atoms with Crippen LogP contribution in [-0.2, 0) is 6.54 Å². The molecule has 0 atom stereocenters. The zero-order valence-electron chi connectivity index (χ0n) is 27.7. The van der Waals surface area contributed by atoms with Gasteiger partial charge in [-0.3, -0.25) is 0 Å². The Bertz CT molecular complexity index is 1500. The molecular weight excluding hydrogens is 576 g/mol. The van der Waals surface area contributed by atoms with Crippen LogP contribution in [0, 0.1) is 45.8 Å². The van der Waals surface area contributed by atoms with Crippen LogP contribution in [0.4, 0.5) is 0 Å². The summed E-state index contributed by atoms with van der Waals surface area (Å²) in [7, 11) is 0. The lowest BCUT2D eigenvalue weighted by atomic mass is 9.48. The van der Waals surface area contributed by atoms with E-state index < -0.39 is 0 Å². The van der Waals surface area contributed by atoms with Gasteiger partial charge in [-0.05, 0) is 74.9 Å². The van der Waals surface area contributed by atoms with Crippen molar-refractivity contribution in [2.45, 2.75) is 104 Å². The molecular formula is C39H49ClN4O. The molecule has 0 radical (unpaired) electrons. The molecule has 2 saturated carbocycles. The summed E-state index contributed by atoms with van der Waals surface area (Å²) >= 11 is 6.30. The van der Waals surface area contributed by atoms with Crippen LogP contribution in [0.5, 0.6) is 5.75 Å². The quantitative estimate of drug-likeness (QED) is 0.312. The maximum atomic E-state index is 9.24. The highest BCUT2D eigenvalue weighted by molar-refractivity contribution is 6.31. The van der Waals surface area contributed by atoms with Crippen molar-refractivity contribution in [3.8, 4) is 23.7 Å². The van der Waals surface area contributed by atoms with Gasteiger partial charge in [-0.15, -0.1) is 0 Å². The predicted octanol–water partition coefficient (Wildman–Crippen LogP) is 8.70. The fraction of sp³-hybridized carbons (Fsp3) is 0.590. The normalized spacial score (nSPS) is 25.2. The van der Waals surface area contributed by atoms with Gasteiger partial charge in [0.15, 0.2) is 0 Å². The van der Waals surface area contributed by atoms with Crippen LogP contribution < -0.4 is 4.74 Å². The van der Waals surface area contributed by atoms with E-state index in [9.17, 15) is 5.26 Å². The van der Waals surface area contributed by atoms with Crippen molar-refractivity contribution in [3.63, 3.8) is 0 Å². The zero-order chi connectivity index (χ0) is 31.8. The largest absolute Gasteiger partial charge is 0.489 e. The molecule has 3 fully saturated rings. The Morgan fingerprint density at radius 2 is 1.67 bits per heavy atom. The predicted molar refractivity (Wildman–Crippen MR) is 183 cm³/mol. The molecule has 0 bridgehead atoms. The number of hydrogen-bond donors (Lipinski definition) is 0. The van der Waals surface area contributed by atoms with Gasteiger partial charge in [-0.1, -0.05) is 83.9 Å². The topological polar surface area (TPSA) is 52.4 Å². The molecule has 0 N–H and O–H groups in total. The second kappa shape index (κ2) is 13.0. The lowest BCUT2D eigenvalue weighted by Gasteiger charge is -2.66. The molecule has 1 aromatic carbocycles. The first-order valence-corrected chi connectivity index (χ1v) is 17.5. The highest BCUT2D eigenvalue weighted by atomic mass is 35.5. The second-order valence-electron chi connectivity index (χ2n) is 15.1. The first-order chi connectivity index (χ1) is 21.6. The molecule has 4 aliphatic rings. The Morgan fingerprint density at radius 1 is 0.978 bits per heavy atom. The van der Waals surface area contributed by atoms with Crippen LogP contribution in [0.3, 0.4) is 0 Å². The Hall–Kier alpha value is -2.99. The minimum atomic E-state index is -0.151. The summed E-state index contributed by atoms with van der Waals surface area (Å²) in [4.78, 5) is 10.2. The van der Waals surface area contributed by atoms with Crippen LogP contribution in [0.25, 0.3) is 5.70 Å². The highest BCUT2D eigenvalue weighted by Crippen LogP contribution is 2.60. The molecule has 45 heavy (non-hydrogen) atoms. The summed E-state index contributed by atoms with van der Waals surface area (Å²) in [6.45, 7) is 18.0. The van der Waals surface area contributed by atoms with Gasteiger partial charge in [-0.25, -0.2) is 4.98 Å². The third kappa shape index (κ3) is 6.50. The van der Waals surface area contributed by atoms with Crippen LogP contribution in [0.2, 0.25) is 5.02 Å². The van der Waals surface area contributed by atoms with E-state index in [0.29, 0.717) is 22.3 Å². The molecule has 2 aliphatic carbocycles. The summed E-state index contributed by atoms with van der Waals surface area (Å²) < 4.78 is 6.54. The number of aromatic nitrogens is 1. The van der Waals surface area contributed by atoms with E-state index in [0.717, 1.165) is 35.1 Å². The number of piperidine rings is 1. The number of halogens is 1. The third-order valence-electron chi connectivity index (χ3n) is 11.1. The van der Waals surface area contributed by atoms with Crippen molar-refractivity contribution >= 4 is 17.3 Å². The molecule has 0 unspecified atom stereocenters. The van der Waals surface area contributed by atoms with Crippen molar-refractivity contribution in [2.75, 3.05) is 19.6 Å². The number of hydrogen-bond acceptors (Lipinski definition) is 5. The van der Waals surface area contributed by atoms with Gasteiger partial charge in [0, 0.05) is 46.7 Å². The van der Waals surface area contributed by atoms with E-state index in [2.05, 4.69) is 74.1 Å². The second-order valence-corrected chi connectivity index (χ2v) is 15.5. The van der Waals surface area contributed by atoms with Gasteiger partial charge in [0.2, 0.25) is 0 Å². The monoisotopic (exact) mass is 624 g/mol. The van der Waals surface area contributed by atoms with E-state index in [1.165, 1.54) is 77.4 Å². The average Bonchev–Trinajstić information content (AvgIpc) is 3.30. The SMILES string of the molecule is C=C1c2ccc(C#CC3CCN(CC4CCCCCCC4)CC3)nc2CN1C1C(C)(C)C(Oc2ccc(C#N)c(Cl)c2)C1(C)C. The van der Waals surface area contributed by atoms with E-state index in [1.807, 2.05) is 6.07 Å². The maximum absolute atomic E-state index is 9.24. The van der Waals surface area contributed by atoms with E-state index >= 15 is 0 Å². The van der Waals surface area contributed by atoms with Gasteiger partial charge in [0.25, 0.3) is 0 Å². The molecule has 6 rings (SSSR count). The smallest absolute Gasteiger partial charge is 0.121 e. The number of benzene rings is 1. The molecule has 6 heteroatoms. The fourth-order valence-corrected chi connectivity index (χ4v) is 9.36. The first kappa shape index (κ1) is 32.0. The zero-order valence-corrected chi connectivity index (χ0v) is 28.4. The number of nitriles is 1. The summed E-state index contributed by atoms with van der Waals surface area (Å²) in [5.41, 5.74) is 4.24. The summed E-state index contributed by atoms with van der Waals surface area (Å²) in [5.74, 6) is 9.08. The highest BCUT2D eigenvalue weighted by Gasteiger charge is 2.66. The lowest BCUT2D eigenvalue weighted by Crippen LogP contribution is -2.73. The van der Waals surface area contributed by atoms with Crippen molar-refractivity contribution < 1.29 is 4.74 Å². The van der Waals surface area contributed by atoms with Crippen LogP contribution in [-0.4, -0.2) is 46.6 Å². The van der Waals surface area contributed by atoms with Crippen LogP contribution >= 0.6 is 11.6 Å². The van der Waals surface area contributed by atoms with Crippen molar-refractivity contribution in [1.29, 1.82) is 5.26 Å². The van der Waals surface area contributed by atoms with E-state index in [4.69, 9.17) is 21.3 Å². The number of rotatable bonds is 5. The van der Waals surface area contributed by atoms with E-state index in [1.54, 1.807) is 12.1 Å². The molecule has 238 valence electrons. The standard InChI is InChI=1S/C39H49ClN4O/c1-27-33-18-16-31(15-13-28-19-21-43(22-20-28)25-29-11-9-7-6-8-10-12-29)42-35(33)26-44(27)36-38(2,3)37(39(36,4)5)45-32-17-14-30(24-41)34(40)23-32/h14,16-18,23,28-29,36-37H,1,6-12,19-22,25-26H2,2-5H3. The number of fused-ring (bicyclic) bond motifs is 1. The number of pyridine rings is 1. The van der Waals surface area contributed by atoms with Crippen molar-refractivity contribution in [1.82, 2.24) is 14.8 Å². The summed E-state index contributed by atoms with van der Waals surface area (Å²) in [6, 6.07) is 11.9.